The van der Waals surface area contributed by atoms with E-state index < -0.39 is 23.8 Å². The van der Waals surface area contributed by atoms with Gasteiger partial charge in [0.2, 0.25) is 11.7 Å². The van der Waals surface area contributed by atoms with Crippen molar-refractivity contribution in [3.8, 4) is 0 Å². The molecule has 0 bridgehead atoms. The van der Waals surface area contributed by atoms with Gasteiger partial charge in [0, 0.05) is 24.8 Å². The molecule has 262 valence electrons. The van der Waals surface area contributed by atoms with Crippen LogP contribution in [0, 0.1) is 22.7 Å². The minimum absolute atomic E-state index is 0.0231. The molecule has 1 heterocycles. The third-order valence-corrected chi connectivity index (χ3v) is 10.3. The first-order chi connectivity index (χ1) is 21.6. The number of unbranched alkanes of at least 4 members (excludes halogenated alkanes) is 1. The van der Waals surface area contributed by atoms with Crippen LogP contribution in [-0.4, -0.2) is 65.8 Å². The Hall–Kier alpha value is -2.84. The van der Waals surface area contributed by atoms with Crippen LogP contribution in [0.4, 0.5) is 4.79 Å². The highest BCUT2D eigenvalue weighted by Crippen LogP contribution is 2.43. The van der Waals surface area contributed by atoms with Crippen molar-refractivity contribution < 1.29 is 19.2 Å². The van der Waals surface area contributed by atoms with E-state index in [1.807, 2.05) is 11.8 Å². The summed E-state index contributed by atoms with van der Waals surface area (Å²) in [6.07, 6.45) is 11.1. The van der Waals surface area contributed by atoms with Crippen molar-refractivity contribution >= 4 is 23.6 Å². The molecule has 2 rings (SSSR count). The number of urea groups is 1. The predicted molar refractivity (Wildman–Crippen MR) is 187 cm³/mol. The monoisotopic (exact) mass is 644 g/mol. The minimum atomic E-state index is -0.745. The van der Waals surface area contributed by atoms with Gasteiger partial charge in [0.05, 0.1) is 12.1 Å². The average molecular weight is 644 g/mol. The van der Waals surface area contributed by atoms with Crippen LogP contribution in [0.1, 0.15) is 126 Å². The van der Waals surface area contributed by atoms with Gasteiger partial charge in [0.25, 0.3) is 5.91 Å². The molecule has 9 heteroatoms. The van der Waals surface area contributed by atoms with E-state index in [2.05, 4.69) is 82.9 Å². The van der Waals surface area contributed by atoms with Gasteiger partial charge >= 0.3 is 6.03 Å². The number of hydrogen-bond donors (Lipinski definition) is 4. The molecule has 0 spiro atoms. The first kappa shape index (κ1) is 39.3. The van der Waals surface area contributed by atoms with Crippen LogP contribution in [-0.2, 0) is 14.4 Å². The van der Waals surface area contributed by atoms with Crippen LogP contribution in [0.5, 0.6) is 0 Å². The van der Waals surface area contributed by atoms with Gasteiger partial charge in [-0.05, 0) is 54.8 Å². The molecule has 46 heavy (non-hydrogen) atoms. The fourth-order valence-corrected chi connectivity index (χ4v) is 7.02. The second kappa shape index (κ2) is 17.9. The molecule has 4 unspecified atom stereocenters. The molecule has 0 aromatic carbocycles. The summed E-state index contributed by atoms with van der Waals surface area (Å²) in [5.74, 6) is -0.841. The van der Waals surface area contributed by atoms with Crippen LogP contribution in [0.3, 0.4) is 0 Å². The molecule has 4 N–H and O–H groups in total. The third kappa shape index (κ3) is 10.9. The van der Waals surface area contributed by atoms with E-state index in [1.54, 1.807) is 0 Å². The summed E-state index contributed by atoms with van der Waals surface area (Å²) in [6, 6.07) is -2.10. The van der Waals surface area contributed by atoms with Gasteiger partial charge in [0.1, 0.15) is 6.04 Å². The normalized spacial score (nSPS) is 21.5. The highest BCUT2D eigenvalue weighted by atomic mass is 16.2. The van der Waals surface area contributed by atoms with Crippen LogP contribution in [0.2, 0.25) is 0 Å². The van der Waals surface area contributed by atoms with E-state index in [1.165, 1.54) is 6.08 Å². The molecular formula is C37H65N5O4. The van der Waals surface area contributed by atoms with Crippen molar-refractivity contribution in [3.63, 3.8) is 0 Å². The van der Waals surface area contributed by atoms with Crippen molar-refractivity contribution in [1.29, 1.82) is 0 Å². The zero-order valence-corrected chi connectivity index (χ0v) is 30.2. The molecule has 0 radical (unpaired) electrons. The lowest BCUT2D eigenvalue weighted by Gasteiger charge is -2.43. The number of amides is 4. The summed E-state index contributed by atoms with van der Waals surface area (Å²) in [5, 5.41) is 12.2. The molecule has 1 aliphatic heterocycles. The van der Waals surface area contributed by atoms with Crippen molar-refractivity contribution in [1.82, 2.24) is 26.2 Å². The first-order valence-corrected chi connectivity index (χ1v) is 17.8. The quantitative estimate of drug-likeness (QED) is 0.110. The molecule has 0 aromatic heterocycles. The molecule has 0 aromatic rings. The summed E-state index contributed by atoms with van der Waals surface area (Å²) in [5.41, 5.74) is 0.105. The van der Waals surface area contributed by atoms with Gasteiger partial charge in [-0.1, -0.05) is 107 Å². The zero-order valence-electron chi connectivity index (χ0n) is 30.2. The minimum Gasteiger partial charge on any atom is -0.377 e. The Morgan fingerprint density at radius 1 is 0.978 bits per heavy atom. The number of rotatable bonds is 17. The van der Waals surface area contributed by atoms with Crippen molar-refractivity contribution in [2.24, 2.45) is 22.7 Å². The molecule has 1 saturated heterocycles. The van der Waals surface area contributed by atoms with E-state index in [-0.39, 0.29) is 53.2 Å². The van der Waals surface area contributed by atoms with Crippen LogP contribution in [0.15, 0.2) is 24.9 Å². The average Bonchev–Trinajstić information content (AvgIpc) is 3.47. The smallest absolute Gasteiger partial charge is 0.315 e. The zero-order chi connectivity index (χ0) is 34.7. The summed E-state index contributed by atoms with van der Waals surface area (Å²) in [4.78, 5) is 56.1. The topological polar surface area (TPSA) is 120 Å². The molecule has 2 fully saturated rings. The van der Waals surface area contributed by atoms with Crippen LogP contribution >= 0.6 is 0 Å². The number of carbonyl (C=O) groups excluding carboxylic acids is 4. The Bertz CT molecular complexity index is 1060. The lowest BCUT2D eigenvalue weighted by Crippen LogP contribution is -2.61. The van der Waals surface area contributed by atoms with Crippen molar-refractivity contribution in [3.05, 3.63) is 24.9 Å². The second-order valence-electron chi connectivity index (χ2n) is 15.4. The van der Waals surface area contributed by atoms with Crippen molar-refractivity contribution in [2.75, 3.05) is 13.1 Å². The van der Waals surface area contributed by atoms with E-state index in [0.29, 0.717) is 25.1 Å². The molecule has 1 aliphatic carbocycles. The molecule has 1 saturated carbocycles. The number of ketones is 1. The van der Waals surface area contributed by atoms with E-state index in [9.17, 15) is 19.2 Å². The SMILES string of the molecule is C=CCNC(=O)C(=O)C(CCCC)NC(=C)C1C[C@@H](C(C)(C)C)CN1C(=O)C(NC(=O)NC(CCC)C(C)C)C1(C)CCCCC1. The summed E-state index contributed by atoms with van der Waals surface area (Å²) < 4.78 is 0. The molecule has 9 nitrogen and oxygen atoms in total. The Balaban J connectivity index is 2.43. The number of nitrogens with zero attached hydrogens (tertiary/aromatic N) is 1. The number of likely N-dealkylation sites (tertiary alicyclic amines) is 1. The Morgan fingerprint density at radius 3 is 2.17 bits per heavy atom. The van der Waals surface area contributed by atoms with E-state index in [0.717, 1.165) is 57.8 Å². The molecule has 5 atom stereocenters. The highest BCUT2D eigenvalue weighted by molar-refractivity contribution is 6.38. The number of carbonyl (C=O) groups is 4. The summed E-state index contributed by atoms with van der Waals surface area (Å²) >= 11 is 0. The third-order valence-electron chi connectivity index (χ3n) is 10.3. The fraction of sp³-hybridized carbons (Fsp3) is 0.784. The van der Waals surface area contributed by atoms with Gasteiger partial charge in [-0.3, -0.25) is 14.4 Å². The van der Waals surface area contributed by atoms with Gasteiger partial charge in [-0.2, -0.15) is 0 Å². The van der Waals surface area contributed by atoms with Crippen molar-refractivity contribution in [2.45, 2.75) is 150 Å². The van der Waals surface area contributed by atoms with Gasteiger partial charge in [-0.15, -0.1) is 6.58 Å². The lowest BCUT2D eigenvalue weighted by molar-refractivity contribution is -0.139. The van der Waals surface area contributed by atoms with Gasteiger partial charge in [-0.25, -0.2) is 4.79 Å². The largest absolute Gasteiger partial charge is 0.377 e. The molecule has 2 aliphatic rings. The maximum atomic E-state index is 14.8. The predicted octanol–water partition coefficient (Wildman–Crippen LogP) is 6.25. The van der Waals surface area contributed by atoms with Gasteiger partial charge in [0.15, 0.2) is 0 Å². The Morgan fingerprint density at radius 2 is 1.63 bits per heavy atom. The number of nitrogens with one attached hydrogen (secondary N) is 4. The second-order valence-corrected chi connectivity index (χ2v) is 15.4. The highest BCUT2D eigenvalue weighted by Gasteiger charge is 2.48. The standard InChI is InChI=1S/C37H65N5O4/c1-11-14-19-29(31(43)33(44)38-22-13-3)39-26(6)30-23-27(36(7,8)9)24-42(30)34(45)32(37(10)20-16-15-17-21-37)41-35(46)40-28(18-12-2)25(4)5/h13,25,27-30,32,39H,3,6,11-12,14-24H2,1-2,4-5,7-10H3,(H,38,44)(H2,40,41,46)/t27-,28?,29?,30?,32?/m1/s1. The number of hydrogen-bond acceptors (Lipinski definition) is 5. The van der Waals surface area contributed by atoms with Crippen LogP contribution in [0.25, 0.3) is 0 Å². The van der Waals surface area contributed by atoms with E-state index in [4.69, 9.17) is 0 Å². The summed E-state index contributed by atoms with van der Waals surface area (Å²) in [7, 11) is 0. The fourth-order valence-electron chi connectivity index (χ4n) is 7.02. The van der Waals surface area contributed by atoms with Gasteiger partial charge < -0.3 is 26.2 Å². The first-order valence-electron chi connectivity index (χ1n) is 17.8. The Kier molecular flexibility index (Phi) is 15.3. The number of Topliss-reactive ketones (excluding diaryl/α,β-unsaturated/α-hetero) is 1. The molecule has 4 amide bonds. The molecular weight excluding hydrogens is 578 g/mol. The summed E-state index contributed by atoms with van der Waals surface area (Å²) in [6.45, 7) is 25.8. The Labute approximate surface area is 279 Å². The maximum absolute atomic E-state index is 14.8. The maximum Gasteiger partial charge on any atom is 0.315 e. The lowest BCUT2D eigenvalue weighted by atomic mass is 9.70. The van der Waals surface area contributed by atoms with E-state index >= 15 is 0 Å². The van der Waals surface area contributed by atoms with Crippen LogP contribution < -0.4 is 21.3 Å².